The van der Waals surface area contributed by atoms with Crippen molar-refractivity contribution in [1.82, 2.24) is 4.37 Å². The lowest BCUT2D eigenvalue weighted by Crippen LogP contribution is -1.74. The van der Waals surface area contributed by atoms with Crippen molar-refractivity contribution in [1.29, 1.82) is 0 Å². The average Bonchev–Trinajstić information content (AvgIpc) is 2.52. The summed E-state index contributed by atoms with van der Waals surface area (Å²) in [5, 5.41) is 0. The molecule has 0 spiro atoms. The molecule has 0 saturated carbocycles. The third-order valence-electron chi connectivity index (χ3n) is 1.93. The Hall–Kier alpha value is -1.15. The molecule has 0 fully saturated rings. The van der Waals surface area contributed by atoms with Crippen LogP contribution in [-0.2, 0) is 0 Å². The van der Waals surface area contributed by atoms with E-state index >= 15 is 0 Å². The molecule has 2 rings (SSSR count). The summed E-state index contributed by atoms with van der Waals surface area (Å²) >= 11 is 1.56. The largest absolute Gasteiger partial charge is 0.197 e. The highest BCUT2D eigenvalue weighted by Crippen LogP contribution is 2.24. The van der Waals surface area contributed by atoms with Crippen LogP contribution in [0.5, 0.6) is 0 Å². The van der Waals surface area contributed by atoms with Crippen molar-refractivity contribution in [3.05, 3.63) is 41.6 Å². The topological polar surface area (TPSA) is 12.9 Å². The van der Waals surface area contributed by atoms with E-state index < -0.39 is 0 Å². The molecule has 0 atom stereocenters. The van der Waals surface area contributed by atoms with Crippen molar-refractivity contribution < 1.29 is 0 Å². The molecule has 74 valence electrons. The summed E-state index contributed by atoms with van der Waals surface area (Å²) in [5.74, 6) is 0. The first-order chi connectivity index (χ1) is 6.25. The van der Waals surface area contributed by atoms with E-state index in [2.05, 4.69) is 41.6 Å². The van der Waals surface area contributed by atoms with Crippen LogP contribution < -0.4 is 0 Å². The smallest absolute Gasteiger partial charge is 0.0552 e. The van der Waals surface area contributed by atoms with Gasteiger partial charge in [0.15, 0.2) is 0 Å². The molecule has 0 radical (unpaired) electrons. The van der Waals surface area contributed by atoms with E-state index in [1.807, 2.05) is 6.92 Å². The minimum atomic E-state index is 0. The first kappa shape index (κ1) is 10.9. The molecule has 14 heavy (non-hydrogen) atoms. The molecule has 0 amide bonds. The molecule has 0 saturated heterocycles. The summed E-state index contributed by atoms with van der Waals surface area (Å²) in [4.78, 5) is 1.25. The summed E-state index contributed by atoms with van der Waals surface area (Å²) in [6, 6.07) is 10.6. The molecule has 2 aromatic rings. The minimum Gasteiger partial charge on any atom is -0.197 e. The van der Waals surface area contributed by atoms with Crippen LogP contribution >= 0.6 is 11.5 Å². The summed E-state index contributed by atoms with van der Waals surface area (Å²) < 4.78 is 4.26. The summed E-state index contributed by atoms with van der Waals surface area (Å²) in [6.45, 7) is 4.13. The molecule has 0 aliphatic heterocycles. The minimum absolute atomic E-state index is 0. The number of aromatic nitrogens is 1. The van der Waals surface area contributed by atoms with Crippen LogP contribution in [0.1, 0.15) is 18.7 Å². The second kappa shape index (κ2) is 4.38. The predicted octanol–water partition coefficient (Wildman–Crippen LogP) is 4.06. The number of nitrogens with zero attached hydrogens (tertiary/aromatic N) is 1. The highest BCUT2D eigenvalue weighted by atomic mass is 32.1. The van der Waals surface area contributed by atoms with Gasteiger partial charge in [-0.1, -0.05) is 37.3 Å². The lowest BCUT2D eigenvalue weighted by molar-refractivity contribution is 1.35. The van der Waals surface area contributed by atoms with Crippen LogP contribution in [0.2, 0.25) is 0 Å². The molecule has 1 heterocycles. The van der Waals surface area contributed by atoms with Gasteiger partial charge in [-0.15, -0.1) is 0 Å². The Morgan fingerprint density at radius 1 is 1.14 bits per heavy atom. The fourth-order valence-electron chi connectivity index (χ4n) is 1.30. The zero-order valence-electron chi connectivity index (χ0n) is 7.74. The summed E-state index contributed by atoms with van der Waals surface area (Å²) in [6.07, 6.45) is 0. The SMILES string of the molecule is C.Cc1cccc(-c2cc(C)ns2)c1. The Morgan fingerprint density at radius 3 is 2.50 bits per heavy atom. The zero-order valence-corrected chi connectivity index (χ0v) is 8.56. The molecular formula is C12H15NS. The Labute approximate surface area is 89.6 Å². The molecule has 0 bridgehead atoms. The van der Waals surface area contributed by atoms with Crippen LogP contribution in [0, 0.1) is 13.8 Å². The maximum atomic E-state index is 4.26. The standard InChI is InChI=1S/C11H11NS.CH4/c1-8-4-3-5-10(6-8)11-7-9(2)12-13-11;/h3-7H,1-2H3;1H4. The number of benzene rings is 1. The van der Waals surface area contributed by atoms with Gasteiger partial charge in [-0.3, -0.25) is 0 Å². The third-order valence-corrected chi connectivity index (χ3v) is 2.86. The number of hydrogen-bond donors (Lipinski definition) is 0. The molecule has 2 heteroatoms. The fourth-order valence-corrected chi connectivity index (χ4v) is 2.05. The number of aryl methyl sites for hydroxylation is 2. The Bertz CT molecular complexity index is 418. The van der Waals surface area contributed by atoms with Crippen LogP contribution in [0.15, 0.2) is 30.3 Å². The molecule has 1 aromatic heterocycles. The van der Waals surface area contributed by atoms with Gasteiger partial charge < -0.3 is 0 Å². The van der Waals surface area contributed by atoms with Gasteiger partial charge in [0, 0.05) is 0 Å². The van der Waals surface area contributed by atoms with E-state index in [1.165, 1.54) is 16.0 Å². The lowest BCUT2D eigenvalue weighted by Gasteiger charge is -1.96. The summed E-state index contributed by atoms with van der Waals surface area (Å²) in [7, 11) is 0. The molecule has 0 unspecified atom stereocenters. The van der Waals surface area contributed by atoms with E-state index in [0.29, 0.717) is 0 Å². The van der Waals surface area contributed by atoms with Crippen LogP contribution in [0.4, 0.5) is 0 Å². The highest BCUT2D eigenvalue weighted by molar-refractivity contribution is 7.09. The second-order valence-corrected chi connectivity index (χ2v) is 4.01. The van der Waals surface area contributed by atoms with Crippen molar-refractivity contribution in [2.75, 3.05) is 0 Å². The highest BCUT2D eigenvalue weighted by Gasteiger charge is 2.00. The molecule has 1 aromatic carbocycles. The Kier molecular flexibility index (Phi) is 3.42. The van der Waals surface area contributed by atoms with Crippen LogP contribution in [0.3, 0.4) is 0 Å². The Morgan fingerprint density at radius 2 is 1.93 bits per heavy atom. The van der Waals surface area contributed by atoms with Gasteiger partial charge >= 0.3 is 0 Å². The normalized spacial score (nSPS) is 9.57. The monoisotopic (exact) mass is 205 g/mol. The number of hydrogen-bond acceptors (Lipinski definition) is 2. The zero-order chi connectivity index (χ0) is 9.26. The van der Waals surface area contributed by atoms with Gasteiger partial charge in [0.05, 0.1) is 10.6 Å². The molecular weight excluding hydrogens is 190 g/mol. The van der Waals surface area contributed by atoms with E-state index in [-0.39, 0.29) is 7.43 Å². The maximum Gasteiger partial charge on any atom is 0.0552 e. The van der Waals surface area contributed by atoms with E-state index in [1.54, 1.807) is 11.5 Å². The Balaban J connectivity index is 0.000000980. The van der Waals surface area contributed by atoms with E-state index in [0.717, 1.165) is 5.69 Å². The predicted molar refractivity (Wildman–Crippen MR) is 63.8 cm³/mol. The van der Waals surface area contributed by atoms with Crippen molar-refractivity contribution in [3.8, 4) is 10.4 Å². The van der Waals surface area contributed by atoms with Gasteiger partial charge in [-0.25, -0.2) is 0 Å². The van der Waals surface area contributed by atoms with Crippen LogP contribution in [0.25, 0.3) is 10.4 Å². The van der Waals surface area contributed by atoms with Crippen molar-refractivity contribution >= 4 is 11.5 Å². The van der Waals surface area contributed by atoms with Gasteiger partial charge in [0.25, 0.3) is 0 Å². The summed E-state index contributed by atoms with van der Waals surface area (Å²) in [5.41, 5.74) is 3.66. The van der Waals surface area contributed by atoms with Crippen LogP contribution in [-0.4, -0.2) is 4.37 Å². The molecule has 1 nitrogen and oxygen atoms in total. The van der Waals surface area contributed by atoms with Crippen molar-refractivity contribution in [2.24, 2.45) is 0 Å². The van der Waals surface area contributed by atoms with Gasteiger partial charge in [0.1, 0.15) is 0 Å². The lowest BCUT2D eigenvalue weighted by atomic mass is 10.1. The van der Waals surface area contributed by atoms with Crippen molar-refractivity contribution in [3.63, 3.8) is 0 Å². The van der Waals surface area contributed by atoms with E-state index in [4.69, 9.17) is 0 Å². The maximum absolute atomic E-state index is 4.26. The molecule has 0 aliphatic rings. The quantitative estimate of drug-likeness (QED) is 0.684. The molecule has 0 aliphatic carbocycles. The fraction of sp³-hybridized carbons (Fsp3) is 0.250. The first-order valence-corrected chi connectivity index (χ1v) is 5.03. The van der Waals surface area contributed by atoms with E-state index in [9.17, 15) is 0 Å². The van der Waals surface area contributed by atoms with Gasteiger partial charge in [-0.2, -0.15) is 4.37 Å². The average molecular weight is 205 g/mol. The van der Waals surface area contributed by atoms with Gasteiger partial charge in [0.2, 0.25) is 0 Å². The van der Waals surface area contributed by atoms with Gasteiger partial charge in [-0.05, 0) is 37.0 Å². The number of rotatable bonds is 1. The third kappa shape index (κ3) is 2.20. The molecule has 0 N–H and O–H groups in total. The van der Waals surface area contributed by atoms with Crippen molar-refractivity contribution in [2.45, 2.75) is 21.3 Å². The first-order valence-electron chi connectivity index (χ1n) is 4.26. The second-order valence-electron chi connectivity index (χ2n) is 3.20.